The first kappa shape index (κ1) is 15.8. The van der Waals surface area contributed by atoms with Gasteiger partial charge in [0.25, 0.3) is 5.56 Å². The molecule has 2 aromatic rings. The van der Waals surface area contributed by atoms with Crippen molar-refractivity contribution >= 4 is 0 Å². The molecule has 0 fully saturated rings. The molecule has 2 rings (SSSR count). The Balaban J connectivity index is 2.65. The van der Waals surface area contributed by atoms with Gasteiger partial charge in [0.1, 0.15) is 17.2 Å². The fraction of sp³-hybridized carbons (Fsp3) is 0.333. The Labute approximate surface area is 128 Å². The maximum absolute atomic E-state index is 11.8. The van der Waals surface area contributed by atoms with Crippen LogP contribution in [0.15, 0.2) is 23.0 Å². The number of aromatic nitrogens is 2. The van der Waals surface area contributed by atoms with Crippen molar-refractivity contribution in [2.45, 2.75) is 6.54 Å². The Morgan fingerprint density at radius 1 is 1.09 bits per heavy atom. The molecule has 1 aromatic carbocycles. The Hall–Kier alpha value is -2.54. The molecule has 0 spiro atoms. The average molecular weight is 305 g/mol. The van der Waals surface area contributed by atoms with Crippen molar-refractivity contribution in [3.63, 3.8) is 0 Å². The fourth-order valence-corrected chi connectivity index (χ4v) is 2.15. The van der Waals surface area contributed by atoms with E-state index in [1.165, 1.54) is 0 Å². The molecule has 0 aliphatic carbocycles. The second kappa shape index (κ2) is 6.95. The normalized spacial score (nSPS) is 10.4. The molecule has 0 saturated carbocycles. The molecule has 0 saturated heterocycles. The summed E-state index contributed by atoms with van der Waals surface area (Å²) in [7, 11) is 6.45. The number of methoxy groups -OCH3 is 3. The Morgan fingerprint density at radius 2 is 1.73 bits per heavy atom. The van der Waals surface area contributed by atoms with Gasteiger partial charge in [0.2, 0.25) is 0 Å². The summed E-state index contributed by atoms with van der Waals surface area (Å²) in [5.74, 6) is 1.70. The van der Waals surface area contributed by atoms with Crippen LogP contribution in [0.5, 0.6) is 17.2 Å². The first-order valence-electron chi connectivity index (χ1n) is 6.68. The molecule has 1 aromatic heterocycles. The van der Waals surface area contributed by atoms with Crippen molar-refractivity contribution in [1.82, 2.24) is 15.5 Å². The number of aromatic amines is 1. The highest BCUT2D eigenvalue weighted by Crippen LogP contribution is 2.40. The largest absolute Gasteiger partial charge is 0.496 e. The van der Waals surface area contributed by atoms with E-state index in [1.807, 2.05) is 0 Å². The van der Waals surface area contributed by atoms with Gasteiger partial charge in [0.05, 0.1) is 32.6 Å². The summed E-state index contributed by atoms with van der Waals surface area (Å²) in [5, 5.41) is 9.54. The second-order valence-corrected chi connectivity index (χ2v) is 4.54. The molecule has 1 heterocycles. The van der Waals surface area contributed by atoms with Crippen LogP contribution in [-0.2, 0) is 6.54 Å². The van der Waals surface area contributed by atoms with Crippen molar-refractivity contribution in [2.24, 2.45) is 0 Å². The summed E-state index contributed by atoms with van der Waals surface area (Å²) in [6, 6.07) is 5.19. The molecule has 0 radical (unpaired) electrons. The zero-order valence-electron chi connectivity index (χ0n) is 13.0. The zero-order chi connectivity index (χ0) is 16.1. The number of benzene rings is 1. The number of hydrogen-bond acceptors (Lipinski definition) is 6. The van der Waals surface area contributed by atoms with Crippen LogP contribution in [0.1, 0.15) is 5.56 Å². The highest BCUT2D eigenvalue weighted by molar-refractivity contribution is 5.75. The number of hydrogen-bond donors (Lipinski definition) is 2. The molecular formula is C15H19N3O4. The first-order valence-corrected chi connectivity index (χ1v) is 6.68. The van der Waals surface area contributed by atoms with Crippen LogP contribution in [0.2, 0.25) is 0 Å². The summed E-state index contributed by atoms with van der Waals surface area (Å²) in [5.41, 5.74) is 1.55. The van der Waals surface area contributed by atoms with Crippen LogP contribution in [0.25, 0.3) is 11.3 Å². The van der Waals surface area contributed by atoms with E-state index in [4.69, 9.17) is 14.2 Å². The lowest BCUT2D eigenvalue weighted by atomic mass is 10.1. The standard InChI is InChI=1S/C15H19N3O4/c1-16-8-9-5-11(17-18-15(9)19)14-12(21-3)6-10(20-2)7-13(14)22-4/h5-7,16H,8H2,1-4H3,(H,18,19). The molecule has 0 aliphatic heterocycles. The van der Waals surface area contributed by atoms with Crippen LogP contribution in [0.4, 0.5) is 0 Å². The fourth-order valence-electron chi connectivity index (χ4n) is 2.15. The summed E-state index contributed by atoms with van der Waals surface area (Å²) in [4.78, 5) is 11.8. The van der Waals surface area contributed by atoms with Crippen LogP contribution in [0, 0.1) is 0 Å². The van der Waals surface area contributed by atoms with Gasteiger partial charge in [-0.2, -0.15) is 5.10 Å². The van der Waals surface area contributed by atoms with Gasteiger partial charge in [-0.3, -0.25) is 4.79 Å². The van der Waals surface area contributed by atoms with E-state index in [0.29, 0.717) is 40.6 Å². The third kappa shape index (κ3) is 3.04. The first-order chi connectivity index (χ1) is 10.6. The summed E-state index contributed by atoms with van der Waals surface area (Å²) < 4.78 is 16.0. The maximum Gasteiger partial charge on any atom is 0.268 e. The monoisotopic (exact) mass is 305 g/mol. The summed E-state index contributed by atoms with van der Waals surface area (Å²) in [6.07, 6.45) is 0. The molecule has 118 valence electrons. The Morgan fingerprint density at radius 3 is 2.23 bits per heavy atom. The van der Waals surface area contributed by atoms with Crippen molar-refractivity contribution < 1.29 is 14.2 Å². The summed E-state index contributed by atoms with van der Waals surface area (Å²) >= 11 is 0. The molecular weight excluding hydrogens is 286 g/mol. The molecule has 7 nitrogen and oxygen atoms in total. The lowest BCUT2D eigenvalue weighted by Crippen LogP contribution is -2.19. The van der Waals surface area contributed by atoms with E-state index in [1.54, 1.807) is 46.6 Å². The molecule has 0 bridgehead atoms. The van der Waals surface area contributed by atoms with Gasteiger partial charge in [0, 0.05) is 24.2 Å². The van der Waals surface area contributed by atoms with E-state index in [-0.39, 0.29) is 5.56 Å². The molecule has 0 atom stereocenters. The molecule has 0 amide bonds. The van der Waals surface area contributed by atoms with E-state index >= 15 is 0 Å². The van der Waals surface area contributed by atoms with E-state index in [2.05, 4.69) is 15.5 Å². The van der Waals surface area contributed by atoms with Gasteiger partial charge >= 0.3 is 0 Å². The molecule has 0 aliphatic rings. The van der Waals surface area contributed by atoms with Crippen LogP contribution < -0.4 is 25.1 Å². The van der Waals surface area contributed by atoms with Crippen molar-refractivity contribution in [3.05, 3.63) is 34.1 Å². The molecule has 22 heavy (non-hydrogen) atoms. The van der Waals surface area contributed by atoms with Gasteiger partial charge in [0.15, 0.2) is 0 Å². The van der Waals surface area contributed by atoms with E-state index in [9.17, 15) is 4.79 Å². The molecule has 2 N–H and O–H groups in total. The zero-order valence-corrected chi connectivity index (χ0v) is 13.0. The van der Waals surface area contributed by atoms with Gasteiger partial charge in [-0.05, 0) is 13.1 Å². The van der Waals surface area contributed by atoms with Crippen LogP contribution >= 0.6 is 0 Å². The summed E-state index contributed by atoms with van der Waals surface area (Å²) in [6.45, 7) is 0.436. The third-order valence-electron chi connectivity index (χ3n) is 3.22. The maximum atomic E-state index is 11.8. The average Bonchev–Trinajstić information content (AvgIpc) is 2.55. The van der Waals surface area contributed by atoms with Gasteiger partial charge < -0.3 is 19.5 Å². The van der Waals surface area contributed by atoms with Crippen LogP contribution in [0.3, 0.4) is 0 Å². The number of rotatable bonds is 6. The van der Waals surface area contributed by atoms with Crippen molar-refractivity contribution in [2.75, 3.05) is 28.4 Å². The molecule has 0 unspecified atom stereocenters. The van der Waals surface area contributed by atoms with E-state index < -0.39 is 0 Å². The van der Waals surface area contributed by atoms with E-state index in [0.717, 1.165) is 0 Å². The van der Waals surface area contributed by atoms with Gasteiger partial charge in [-0.25, -0.2) is 5.10 Å². The highest BCUT2D eigenvalue weighted by Gasteiger charge is 2.17. The minimum atomic E-state index is -0.232. The minimum absolute atomic E-state index is 0.232. The quantitative estimate of drug-likeness (QED) is 0.833. The molecule has 7 heteroatoms. The lowest BCUT2D eigenvalue weighted by molar-refractivity contribution is 0.377. The Bertz CT molecular complexity index is 687. The topological polar surface area (TPSA) is 85.5 Å². The van der Waals surface area contributed by atoms with Crippen molar-refractivity contribution in [3.8, 4) is 28.5 Å². The highest BCUT2D eigenvalue weighted by atomic mass is 16.5. The third-order valence-corrected chi connectivity index (χ3v) is 3.22. The van der Waals surface area contributed by atoms with Crippen molar-refractivity contribution in [1.29, 1.82) is 0 Å². The van der Waals surface area contributed by atoms with Crippen LogP contribution in [-0.4, -0.2) is 38.6 Å². The predicted octanol–water partition coefficient (Wildman–Crippen LogP) is 1.18. The predicted molar refractivity (Wildman–Crippen MR) is 82.7 cm³/mol. The SMILES string of the molecule is CNCc1cc(-c2c(OC)cc(OC)cc2OC)n[nH]c1=O. The second-order valence-electron chi connectivity index (χ2n) is 4.54. The Kier molecular flexibility index (Phi) is 5.00. The minimum Gasteiger partial charge on any atom is -0.496 e. The van der Waals surface area contributed by atoms with Gasteiger partial charge in [-0.15, -0.1) is 0 Å². The number of nitrogens with one attached hydrogen (secondary N) is 2. The number of nitrogens with zero attached hydrogens (tertiary/aromatic N) is 1. The number of ether oxygens (including phenoxy) is 3. The number of H-pyrrole nitrogens is 1. The van der Waals surface area contributed by atoms with Gasteiger partial charge in [-0.1, -0.05) is 0 Å². The smallest absolute Gasteiger partial charge is 0.268 e. The lowest BCUT2D eigenvalue weighted by Gasteiger charge is -2.14.